The SMILES string of the molecule is CC(C)C(NC(=O)c1ccc(F)cc1)C(=O)NCc1ccccc1F. The molecular formula is C19H20F2N2O2. The first-order valence-corrected chi connectivity index (χ1v) is 7.96. The summed E-state index contributed by atoms with van der Waals surface area (Å²) in [4.78, 5) is 24.6. The number of amides is 2. The Balaban J connectivity index is 2.01. The van der Waals surface area contributed by atoms with Crippen molar-refractivity contribution >= 4 is 11.8 Å². The predicted molar refractivity (Wildman–Crippen MR) is 90.7 cm³/mol. The third-order valence-electron chi connectivity index (χ3n) is 3.75. The van der Waals surface area contributed by atoms with E-state index in [-0.39, 0.29) is 18.0 Å². The van der Waals surface area contributed by atoms with Gasteiger partial charge in [-0.1, -0.05) is 32.0 Å². The summed E-state index contributed by atoms with van der Waals surface area (Å²) < 4.78 is 26.5. The second-order valence-corrected chi connectivity index (χ2v) is 6.01. The zero-order valence-electron chi connectivity index (χ0n) is 14.1. The second-order valence-electron chi connectivity index (χ2n) is 6.01. The van der Waals surface area contributed by atoms with Crippen molar-refractivity contribution in [3.8, 4) is 0 Å². The highest BCUT2D eigenvalue weighted by molar-refractivity contribution is 5.97. The Morgan fingerprint density at radius 3 is 2.24 bits per heavy atom. The monoisotopic (exact) mass is 346 g/mol. The Kier molecular flexibility index (Phi) is 6.22. The number of halogens is 2. The van der Waals surface area contributed by atoms with E-state index in [1.807, 2.05) is 0 Å². The maximum Gasteiger partial charge on any atom is 0.251 e. The molecule has 1 atom stereocenters. The van der Waals surface area contributed by atoms with Crippen molar-refractivity contribution in [2.24, 2.45) is 5.92 Å². The number of benzene rings is 2. The summed E-state index contributed by atoms with van der Waals surface area (Å²) in [5, 5.41) is 5.27. The molecule has 25 heavy (non-hydrogen) atoms. The molecule has 1 unspecified atom stereocenters. The van der Waals surface area contributed by atoms with Gasteiger partial charge in [0.2, 0.25) is 5.91 Å². The third kappa shape index (κ3) is 5.11. The molecule has 0 bridgehead atoms. The molecule has 2 aromatic carbocycles. The average molecular weight is 346 g/mol. The summed E-state index contributed by atoms with van der Waals surface area (Å²) in [6.45, 7) is 3.61. The molecule has 0 saturated heterocycles. The van der Waals surface area contributed by atoms with Gasteiger partial charge in [0.1, 0.15) is 17.7 Å². The highest BCUT2D eigenvalue weighted by Gasteiger charge is 2.24. The molecule has 2 rings (SSSR count). The molecular weight excluding hydrogens is 326 g/mol. The smallest absolute Gasteiger partial charge is 0.251 e. The quantitative estimate of drug-likeness (QED) is 0.845. The van der Waals surface area contributed by atoms with Crippen molar-refractivity contribution in [3.63, 3.8) is 0 Å². The van der Waals surface area contributed by atoms with Gasteiger partial charge < -0.3 is 10.6 Å². The van der Waals surface area contributed by atoms with Crippen molar-refractivity contribution < 1.29 is 18.4 Å². The Labute approximate surface area is 145 Å². The van der Waals surface area contributed by atoms with Gasteiger partial charge in [0.25, 0.3) is 5.91 Å². The van der Waals surface area contributed by atoms with E-state index in [1.165, 1.54) is 30.3 Å². The number of carbonyl (C=O) groups is 2. The first-order valence-electron chi connectivity index (χ1n) is 7.96. The molecule has 0 fully saturated rings. The average Bonchev–Trinajstić information content (AvgIpc) is 2.58. The molecule has 2 aromatic rings. The van der Waals surface area contributed by atoms with Crippen LogP contribution in [0.2, 0.25) is 0 Å². The molecule has 0 radical (unpaired) electrons. The van der Waals surface area contributed by atoms with Gasteiger partial charge in [-0.25, -0.2) is 8.78 Å². The van der Waals surface area contributed by atoms with Crippen molar-refractivity contribution in [1.29, 1.82) is 0 Å². The summed E-state index contributed by atoms with van der Waals surface area (Å²) >= 11 is 0. The Morgan fingerprint density at radius 2 is 1.64 bits per heavy atom. The zero-order chi connectivity index (χ0) is 18.4. The number of rotatable bonds is 6. The van der Waals surface area contributed by atoms with Crippen molar-refractivity contribution in [2.45, 2.75) is 26.4 Å². The minimum atomic E-state index is -0.788. The molecule has 0 aliphatic heterocycles. The van der Waals surface area contributed by atoms with Gasteiger partial charge >= 0.3 is 0 Å². The van der Waals surface area contributed by atoms with E-state index in [9.17, 15) is 18.4 Å². The van der Waals surface area contributed by atoms with Gasteiger partial charge in [-0.2, -0.15) is 0 Å². The molecule has 0 spiro atoms. The first-order chi connectivity index (χ1) is 11.9. The molecule has 0 saturated carbocycles. The van der Waals surface area contributed by atoms with Crippen LogP contribution in [0.3, 0.4) is 0 Å². The van der Waals surface area contributed by atoms with Gasteiger partial charge in [-0.3, -0.25) is 9.59 Å². The third-order valence-corrected chi connectivity index (χ3v) is 3.75. The number of nitrogens with one attached hydrogen (secondary N) is 2. The summed E-state index contributed by atoms with van der Waals surface area (Å²) in [5.74, 6) is -1.91. The molecule has 2 amide bonds. The van der Waals surface area contributed by atoms with Gasteiger partial charge in [0, 0.05) is 17.7 Å². The molecule has 4 nitrogen and oxygen atoms in total. The molecule has 0 heterocycles. The Hall–Kier alpha value is -2.76. The second kappa shape index (κ2) is 8.37. The van der Waals surface area contributed by atoms with Gasteiger partial charge in [0.15, 0.2) is 0 Å². The lowest BCUT2D eigenvalue weighted by Crippen LogP contribution is -2.49. The van der Waals surface area contributed by atoms with E-state index < -0.39 is 29.5 Å². The lowest BCUT2D eigenvalue weighted by Gasteiger charge is -2.22. The highest BCUT2D eigenvalue weighted by atomic mass is 19.1. The Bertz CT molecular complexity index is 745. The normalized spacial score (nSPS) is 11.9. The molecule has 0 aliphatic rings. The number of carbonyl (C=O) groups excluding carboxylic acids is 2. The zero-order valence-corrected chi connectivity index (χ0v) is 14.1. The number of hydrogen-bond acceptors (Lipinski definition) is 2. The van der Waals surface area contributed by atoms with Gasteiger partial charge in [-0.05, 0) is 36.2 Å². The minimum Gasteiger partial charge on any atom is -0.350 e. The number of hydrogen-bond donors (Lipinski definition) is 2. The van der Waals surface area contributed by atoms with Crippen LogP contribution in [0.1, 0.15) is 29.8 Å². The maximum atomic E-state index is 13.6. The van der Waals surface area contributed by atoms with E-state index >= 15 is 0 Å². The molecule has 0 aromatic heterocycles. The van der Waals surface area contributed by atoms with Crippen molar-refractivity contribution in [1.82, 2.24) is 10.6 Å². The standard InChI is InChI=1S/C19H20F2N2O2/c1-12(2)17(23-18(24)13-7-9-15(20)10-8-13)19(25)22-11-14-5-3-4-6-16(14)21/h3-10,12,17H,11H2,1-2H3,(H,22,25)(H,23,24). The summed E-state index contributed by atoms with van der Waals surface area (Å²) in [5.41, 5.74) is 0.622. The fraction of sp³-hybridized carbons (Fsp3) is 0.263. The van der Waals surface area contributed by atoms with Crippen molar-refractivity contribution in [2.75, 3.05) is 0 Å². The molecule has 6 heteroatoms. The van der Waals surface area contributed by atoms with E-state index in [0.717, 1.165) is 0 Å². The van der Waals surface area contributed by atoms with Crippen LogP contribution < -0.4 is 10.6 Å². The van der Waals surface area contributed by atoms with Crippen LogP contribution in [0.5, 0.6) is 0 Å². The van der Waals surface area contributed by atoms with Crippen LogP contribution in [0.25, 0.3) is 0 Å². The summed E-state index contributed by atoms with van der Waals surface area (Å²) in [6.07, 6.45) is 0. The van der Waals surface area contributed by atoms with E-state index in [2.05, 4.69) is 10.6 Å². The van der Waals surface area contributed by atoms with Crippen LogP contribution in [0.4, 0.5) is 8.78 Å². The van der Waals surface area contributed by atoms with E-state index in [4.69, 9.17) is 0 Å². The predicted octanol–water partition coefficient (Wildman–Crippen LogP) is 3.04. The largest absolute Gasteiger partial charge is 0.350 e. The minimum absolute atomic E-state index is 0.0289. The Morgan fingerprint density at radius 1 is 1.00 bits per heavy atom. The molecule has 2 N–H and O–H groups in total. The van der Waals surface area contributed by atoms with E-state index in [1.54, 1.807) is 32.0 Å². The van der Waals surface area contributed by atoms with Crippen LogP contribution >= 0.6 is 0 Å². The van der Waals surface area contributed by atoms with Gasteiger partial charge in [-0.15, -0.1) is 0 Å². The summed E-state index contributed by atoms with van der Waals surface area (Å²) in [6, 6.07) is 10.4. The maximum absolute atomic E-state index is 13.6. The first kappa shape index (κ1) is 18.6. The molecule has 0 aliphatic carbocycles. The van der Waals surface area contributed by atoms with Gasteiger partial charge in [0.05, 0.1) is 0 Å². The molecule has 132 valence electrons. The lowest BCUT2D eigenvalue weighted by molar-refractivity contribution is -0.124. The highest BCUT2D eigenvalue weighted by Crippen LogP contribution is 2.09. The van der Waals surface area contributed by atoms with Crippen LogP contribution in [-0.2, 0) is 11.3 Å². The van der Waals surface area contributed by atoms with E-state index in [0.29, 0.717) is 5.56 Å². The lowest BCUT2D eigenvalue weighted by atomic mass is 10.0. The topological polar surface area (TPSA) is 58.2 Å². The fourth-order valence-corrected chi connectivity index (χ4v) is 2.29. The van der Waals surface area contributed by atoms with Crippen LogP contribution in [0.15, 0.2) is 48.5 Å². The van der Waals surface area contributed by atoms with Crippen LogP contribution in [-0.4, -0.2) is 17.9 Å². The summed E-state index contributed by atoms with van der Waals surface area (Å²) in [7, 11) is 0. The van der Waals surface area contributed by atoms with Crippen LogP contribution in [0, 0.1) is 17.6 Å². The fourth-order valence-electron chi connectivity index (χ4n) is 2.29. The van der Waals surface area contributed by atoms with Crippen molar-refractivity contribution in [3.05, 3.63) is 71.3 Å².